The zero-order valence-corrected chi connectivity index (χ0v) is 11.4. The Hall–Kier alpha value is -1.00. The summed E-state index contributed by atoms with van der Waals surface area (Å²) < 4.78 is 5.70. The number of hydrogen-bond donors (Lipinski definition) is 2. The first-order valence-corrected chi connectivity index (χ1v) is 7.79. The molecule has 16 heavy (non-hydrogen) atoms. The van der Waals surface area contributed by atoms with Crippen molar-refractivity contribution in [2.24, 2.45) is 5.73 Å². The zero-order chi connectivity index (χ0) is 12.3. The van der Waals surface area contributed by atoms with Crippen LogP contribution in [-0.4, -0.2) is 20.7 Å². The molecule has 1 rings (SSSR count). The third-order valence-corrected chi connectivity index (χ3v) is 3.17. The second-order valence-electron chi connectivity index (χ2n) is 4.78. The van der Waals surface area contributed by atoms with Crippen LogP contribution in [0.1, 0.15) is 19.4 Å². The summed E-state index contributed by atoms with van der Waals surface area (Å²) >= 11 is 0. The molecule has 89 valence electrons. The van der Waals surface area contributed by atoms with Gasteiger partial charge in [0, 0.05) is 17.5 Å². The molecule has 0 aliphatic carbocycles. The summed E-state index contributed by atoms with van der Waals surface area (Å²) in [7, 11) is -0.781. The highest BCUT2D eigenvalue weighted by molar-refractivity contribution is 6.49. The van der Waals surface area contributed by atoms with E-state index in [9.17, 15) is 5.11 Å². The van der Waals surface area contributed by atoms with Crippen LogP contribution in [0.3, 0.4) is 0 Å². The lowest BCUT2D eigenvalue weighted by molar-refractivity contribution is 0.435. The van der Waals surface area contributed by atoms with Gasteiger partial charge in [0.05, 0.1) is 0 Å². The van der Waals surface area contributed by atoms with Gasteiger partial charge in [-0.15, -0.1) is 0 Å². The van der Waals surface area contributed by atoms with Crippen molar-refractivity contribution in [2.75, 3.05) is 6.54 Å². The molecule has 0 spiro atoms. The second-order valence-corrected chi connectivity index (χ2v) is 6.80. The Kier molecular flexibility index (Phi) is 3.99. The summed E-state index contributed by atoms with van der Waals surface area (Å²) in [5, 5.41) is 9.83. The van der Waals surface area contributed by atoms with E-state index in [2.05, 4.69) is 13.1 Å². The zero-order valence-electron chi connectivity index (χ0n) is 10.4. The summed E-state index contributed by atoms with van der Waals surface area (Å²) in [4.78, 5) is 0. The molecule has 0 saturated heterocycles. The Morgan fingerprint density at radius 3 is 2.50 bits per heavy atom. The van der Waals surface area contributed by atoms with Gasteiger partial charge in [-0.05, 0) is 31.3 Å². The molecular weight excluding hydrogens is 218 g/mol. The standard InChI is InChI=1S/C12H20NO2Si/c1-12(2,8-13)10-7-9(15-16(3)4)5-6-11(10)14/h5-7,14H,8,13H2,1-4H3. The van der Waals surface area contributed by atoms with Crippen molar-refractivity contribution in [2.45, 2.75) is 32.4 Å². The predicted molar refractivity (Wildman–Crippen MR) is 68.3 cm³/mol. The molecule has 0 fully saturated rings. The van der Waals surface area contributed by atoms with Crippen LogP contribution in [0.2, 0.25) is 13.1 Å². The van der Waals surface area contributed by atoms with E-state index < -0.39 is 9.04 Å². The maximum Gasteiger partial charge on any atom is 0.274 e. The molecule has 1 radical (unpaired) electrons. The molecule has 0 aliphatic rings. The van der Waals surface area contributed by atoms with Crippen molar-refractivity contribution in [3.63, 3.8) is 0 Å². The molecule has 0 saturated carbocycles. The summed E-state index contributed by atoms with van der Waals surface area (Å²) in [5.74, 6) is 1.09. The largest absolute Gasteiger partial charge is 0.543 e. The molecule has 0 amide bonds. The van der Waals surface area contributed by atoms with Crippen LogP contribution in [0.5, 0.6) is 11.5 Å². The maximum absolute atomic E-state index is 9.83. The third kappa shape index (κ3) is 2.99. The Morgan fingerprint density at radius 2 is 2.00 bits per heavy atom. The highest BCUT2D eigenvalue weighted by Crippen LogP contribution is 2.33. The van der Waals surface area contributed by atoms with E-state index >= 15 is 0 Å². The van der Waals surface area contributed by atoms with E-state index in [-0.39, 0.29) is 11.2 Å². The van der Waals surface area contributed by atoms with Crippen molar-refractivity contribution in [3.8, 4) is 11.5 Å². The number of phenols is 1. The van der Waals surface area contributed by atoms with Crippen molar-refractivity contribution >= 4 is 9.04 Å². The Balaban J connectivity index is 3.08. The van der Waals surface area contributed by atoms with E-state index in [1.807, 2.05) is 19.9 Å². The van der Waals surface area contributed by atoms with Gasteiger partial charge in [0.25, 0.3) is 9.04 Å². The first kappa shape index (κ1) is 13.1. The first-order valence-electron chi connectivity index (χ1n) is 5.38. The molecule has 1 aromatic rings. The van der Waals surface area contributed by atoms with Gasteiger partial charge in [0.2, 0.25) is 0 Å². The topological polar surface area (TPSA) is 55.5 Å². The fourth-order valence-corrected chi connectivity index (χ4v) is 2.06. The molecule has 0 aliphatic heterocycles. The monoisotopic (exact) mass is 238 g/mol. The van der Waals surface area contributed by atoms with E-state index in [4.69, 9.17) is 10.2 Å². The van der Waals surface area contributed by atoms with Gasteiger partial charge in [-0.2, -0.15) is 0 Å². The van der Waals surface area contributed by atoms with Gasteiger partial charge >= 0.3 is 0 Å². The van der Waals surface area contributed by atoms with Crippen LogP contribution in [0.15, 0.2) is 18.2 Å². The average molecular weight is 238 g/mol. The number of benzene rings is 1. The summed E-state index contributed by atoms with van der Waals surface area (Å²) in [6.07, 6.45) is 0. The smallest absolute Gasteiger partial charge is 0.274 e. The lowest BCUT2D eigenvalue weighted by Gasteiger charge is -2.25. The Morgan fingerprint density at radius 1 is 1.38 bits per heavy atom. The summed E-state index contributed by atoms with van der Waals surface area (Å²) in [6, 6.07) is 5.36. The normalized spacial score (nSPS) is 11.9. The first-order chi connectivity index (χ1) is 7.36. The minimum absolute atomic E-state index is 0.238. The molecule has 0 heterocycles. The van der Waals surface area contributed by atoms with Gasteiger partial charge < -0.3 is 15.3 Å². The van der Waals surface area contributed by atoms with Gasteiger partial charge in [-0.3, -0.25) is 0 Å². The predicted octanol–water partition coefficient (Wildman–Crippen LogP) is 2.26. The van der Waals surface area contributed by atoms with E-state index in [0.29, 0.717) is 6.54 Å². The van der Waals surface area contributed by atoms with Crippen molar-refractivity contribution in [1.29, 1.82) is 0 Å². The van der Waals surface area contributed by atoms with Gasteiger partial charge in [0.1, 0.15) is 11.5 Å². The minimum Gasteiger partial charge on any atom is -0.543 e. The van der Waals surface area contributed by atoms with Gasteiger partial charge in [0.15, 0.2) is 0 Å². The maximum atomic E-state index is 9.83. The van der Waals surface area contributed by atoms with Crippen molar-refractivity contribution < 1.29 is 9.53 Å². The van der Waals surface area contributed by atoms with Gasteiger partial charge in [-0.1, -0.05) is 13.8 Å². The fraction of sp³-hybridized carbons (Fsp3) is 0.500. The number of rotatable bonds is 4. The van der Waals surface area contributed by atoms with Crippen LogP contribution in [0.4, 0.5) is 0 Å². The fourth-order valence-electron chi connectivity index (χ4n) is 1.47. The quantitative estimate of drug-likeness (QED) is 0.791. The number of nitrogens with two attached hydrogens (primary N) is 1. The van der Waals surface area contributed by atoms with Gasteiger partial charge in [-0.25, -0.2) is 0 Å². The van der Waals surface area contributed by atoms with Crippen LogP contribution >= 0.6 is 0 Å². The molecule has 0 aromatic heterocycles. The van der Waals surface area contributed by atoms with E-state index in [1.54, 1.807) is 12.1 Å². The highest BCUT2D eigenvalue weighted by Gasteiger charge is 2.22. The molecular formula is C12H20NO2Si. The lowest BCUT2D eigenvalue weighted by Crippen LogP contribution is -2.28. The average Bonchev–Trinajstić information content (AvgIpc) is 2.20. The third-order valence-electron chi connectivity index (χ3n) is 2.53. The van der Waals surface area contributed by atoms with Crippen molar-refractivity contribution in [1.82, 2.24) is 0 Å². The molecule has 0 bridgehead atoms. The van der Waals surface area contributed by atoms with Crippen LogP contribution in [0.25, 0.3) is 0 Å². The van der Waals surface area contributed by atoms with E-state index in [1.165, 1.54) is 0 Å². The van der Waals surface area contributed by atoms with Crippen LogP contribution < -0.4 is 10.2 Å². The summed E-state index contributed by atoms with van der Waals surface area (Å²) in [5.41, 5.74) is 6.32. The molecule has 4 heteroatoms. The van der Waals surface area contributed by atoms with E-state index in [0.717, 1.165) is 11.3 Å². The minimum atomic E-state index is -0.781. The number of hydrogen-bond acceptors (Lipinski definition) is 3. The molecule has 3 N–H and O–H groups in total. The highest BCUT2D eigenvalue weighted by atomic mass is 28.3. The number of aromatic hydroxyl groups is 1. The molecule has 0 unspecified atom stereocenters. The van der Waals surface area contributed by atoms with Crippen LogP contribution in [-0.2, 0) is 5.41 Å². The molecule has 1 aromatic carbocycles. The summed E-state index contributed by atoms with van der Waals surface area (Å²) in [6.45, 7) is 8.65. The molecule has 0 atom stereocenters. The SMILES string of the molecule is C[Si](C)Oc1ccc(O)c(C(C)(C)CN)c1. The van der Waals surface area contributed by atoms with Crippen LogP contribution in [0, 0.1) is 0 Å². The van der Waals surface area contributed by atoms with Crippen molar-refractivity contribution in [3.05, 3.63) is 23.8 Å². The Labute approximate surface area is 99.0 Å². The number of phenolic OH excluding ortho intramolecular Hbond substituents is 1. The Bertz CT molecular complexity index is 364. The molecule has 3 nitrogen and oxygen atoms in total. The second kappa shape index (κ2) is 4.89. The lowest BCUT2D eigenvalue weighted by atomic mass is 9.84.